The first kappa shape index (κ1) is 11.4. The number of carbonyl (C=O) groups excluding carboxylic acids is 2. The van der Waals surface area contributed by atoms with Crippen molar-refractivity contribution < 1.29 is 14.3 Å². The molecule has 2 atom stereocenters. The molecule has 16 heavy (non-hydrogen) atoms. The molecule has 2 unspecified atom stereocenters. The predicted molar refractivity (Wildman–Crippen MR) is 58.6 cm³/mol. The standard InChI is InChI=1S/C12H19NO3/c1-3-16-10(14)7-13(2)12(15)11-8-5-4-6-9(8)11/h8-9,11H,3-7H2,1-2H3. The van der Waals surface area contributed by atoms with E-state index in [-0.39, 0.29) is 24.3 Å². The van der Waals surface area contributed by atoms with E-state index in [1.165, 1.54) is 24.2 Å². The lowest BCUT2D eigenvalue weighted by Crippen LogP contribution is -2.35. The zero-order valence-electron chi connectivity index (χ0n) is 9.94. The van der Waals surface area contributed by atoms with Gasteiger partial charge < -0.3 is 9.64 Å². The molecule has 0 aromatic carbocycles. The maximum atomic E-state index is 12.0. The number of hydrogen-bond acceptors (Lipinski definition) is 3. The minimum atomic E-state index is -0.316. The van der Waals surface area contributed by atoms with Crippen LogP contribution in [0, 0.1) is 17.8 Å². The van der Waals surface area contributed by atoms with Crippen molar-refractivity contribution in [3.8, 4) is 0 Å². The monoisotopic (exact) mass is 225 g/mol. The molecule has 2 aliphatic carbocycles. The fourth-order valence-corrected chi connectivity index (χ4v) is 2.92. The van der Waals surface area contributed by atoms with E-state index in [1.54, 1.807) is 14.0 Å². The van der Waals surface area contributed by atoms with Gasteiger partial charge in [0.05, 0.1) is 6.61 Å². The maximum absolute atomic E-state index is 12.0. The summed E-state index contributed by atoms with van der Waals surface area (Å²) in [4.78, 5) is 24.7. The minimum Gasteiger partial charge on any atom is -0.465 e. The highest BCUT2D eigenvalue weighted by Crippen LogP contribution is 2.57. The molecule has 1 amide bonds. The highest BCUT2D eigenvalue weighted by molar-refractivity contribution is 5.86. The fraction of sp³-hybridized carbons (Fsp3) is 0.833. The number of ether oxygens (including phenoxy) is 1. The zero-order chi connectivity index (χ0) is 11.7. The van der Waals surface area contributed by atoms with E-state index in [0.717, 1.165) is 0 Å². The van der Waals surface area contributed by atoms with Gasteiger partial charge in [-0.1, -0.05) is 6.42 Å². The van der Waals surface area contributed by atoms with Crippen molar-refractivity contribution in [1.82, 2.24) is 4.90 Å². The third-order valence-electron chi connectivity index (χ3n) is 3.74. The van der Waals surface area contributed by atoms with Crippen LogP contribution in [0.2, 0.25) is 0 Å². The molecule has 0 aromatic rings. The smallest absolute Gasteiger partial charge is 0.325 e. The van der Waals surface area contributed by atoms with Crippen LogP contribution in [0.1, 0.15) is 26.2 Å². The molecule has 0 heterocycles. The lowest BCUT2D eigenvalue weighted by molar-refractivity contribution is -0.148. The zero-order valence-corrected chi connectivity index (χ0v) is 9.94. The first-order valence-electron chi connectivity index (χ1n) is 6.05. The average Bonchev–Trinajstić information content (AvgIpc) is 2.70. The Labute approximate surface area is 95.9 Å². The van der Waals surface area contributed by atoms with Crippen molar-refractivity contribution in [1.29, 1.82) is 0 Å². The van der Waals surface area contributed by atoms with Gasteiger partial charge in [0.1, 0.15) is 6.54 Å². The van der Waals surface area contributed by atoms with Crippen LogP contribution in [0.4, 0.5) is 0 Å². The maximum Gasteiger partial charge on any atom is 0.325 e. The van der Waals surface area contributed by atoms with E-state index in [9.17, 15) is 9.59 Å². The number of fused-ring (bicyclic) bond motifs is 1. The van der Waals surface area contributed by atoms with Gasteiger partial charge in [0.15, 0.2) is 0 Å². The van der Waals surface area contributed by atoms with Crippen molar-refractivity contribution >= 4 is 11.9 Å². The van der Waals surface area contributed by atoms with Gasteiger partial charge in [-0.3, -0.25) is 9.59 Å². The van der Waals surface area contributed by atoms with Crippen molar-refractivity contribution in [3.63, 3.8) is 0 Å². The van der Waals surface area contributed by atoms with Crippen LogP contribution in [0.5, 0.6) is 0 Å². The molecule has 2 aliphatic rings. The molecular weight excluding hydrogens is 206 g/mol. The second kappa shape index (κ2) is 4.44. The van der Waals surface area contributed by atoms with Crippen LogP contribution < -0.4 is 0 Å². The Morgan fingerprint density at radius 3 is 2.50 bits per heavy atom. The van der Waals surface area contributed by atoms with E-state index in [1.807, 2.05) is 0 Å². The van der Waals surface area contributed by atoms with Crippen LogP contribution in [0.25, 0.3) is 0 Å². The van der Waals surface area contributed by atoms with E-state index in [0.29, 0.717) is 18.4 Å². The van der Waals surface area contributed by atoms with Gasteiger partial charge in [-0.15, -0.1) is 0 Å². The van der Waals surface area contributed by atoms with E-state index in [4.69, 9.17) is 4.74 Å². The molecule has 90 valence electrons. The normalized spacial score (nSPS) is 30.8. The summed E-state index contributed by atoms with van der Waals surface area (Å²) in [5, 5.41) is 0. The SMILES string of the molecule is CCOC(=O)CN(C)C(=O)C1C2CCCC21. The molecule has 2 saturated carbocycles. The van der Waals surface area contributed by atoms with Gasteiger partial charge in [-0.25, -0.2) is 0 Å². The Balaban J connectivity index is 1.79. The summed E-state index contributed by atoms with van der Waals surface area (Å²) in [5.74, 6) is 1.23. The third-order valence-corrected chi connectivity index (χ3v) is 3.74. The molecule has 0 aromatic heterocycles. The number of carbonyl (C=O) groups is 2. The first-order valence-corrected chi connectivity index (χ1v) is 6.05. The summed E-state index contributed by atoms with van der Waals surface area (Å²) in [6.45, 7) is 2.23. The van der Waals surface area contributed by atoms with Crippen molar-refractivity contribution in [2.24, 2.45) is 17.8 Å². The summed E-state index contributed by atoms with van der Waals surface area (Å²) < 4.78 is 4.82. The summed E-state index contributed by atoms with van der Waals surface area (Å²) in [6, 6.07) is 0. The quantitative estimate of drug-likeness (QED) is 0.672. The first-order chi connectivity index (χ1) is 7.65. The van der Waals surface area contributed by atoms with Crippen LogP contribution in [-0.2, 0) is 14.3 Å². The molecular formula is C12H19NO3. The Kier molecular flexibility index (Phi) is 3.17. The Hall–Kier alpha value is -1.06. The second-order valence-corrected chi connectivity index (χ2v) is 4.78. The molecule has 2 fully saturated rings. The summed E-state index contributed by atoms with van der Waals surface area (Å²) >= 11 is 0. The highest BCUT2D eigenvalue weighted by Gasteiger charge is 2.57. The molecule has 0 aliphatic heterocycles. The molecule has 0 radical (unpaired) electrons. The number of hydrogen-bond donors (Lipinski definition) is 0. The number of esters is 1. The molecule has 0 spiro atoms. The van der Waals surface area contributed by atoms with Crippen LogP contribution >= 0.6 is 0 Å². The van der Waals surface area contributed by atoms with Gasteiger partial charge in [0.2, 0.25) is 5.91 Å². The van der Waals surface area contributed by atoms with Crippen LogP contribution in [0.3, 0.4) is 0 Å². The highest BCUT2D eigenvalue weighted by atomic mass is 16.5. The summed E-state index contributed by atoms with van der Waals surface area (Å²) in [7, 11) is 1.69. The number of rotatable bonds is 4. The Morgan fingerprint density at radius 2 is 1.94 bits per heavy atom. The van der Waals surface area contributed by atoms with Gasteiger partial charge >= 0.3 is 5.97 Å². The number of nitrogens with zero attached hydrogens (tertiary/aromatic N) is 1. The summed E-state index contributed by atoms with van der Waals surface area (Å²) in [5.41, 5.74) is 0. The van der Waals surface area contributed by atoms with Gasteiger partial charge in [-0.05, 0) is 31.6 Å². The summed E-state index contributed by atoms with van der Waals surface area (Å²) in [6.07, 6.45) is 3.64. The number of amides is 1. The van der Waals surface area contributed by atoms with Crippen molar-refractivity contribution in [2.45, 2.75) is 26.2 Å². The molecule has 0 bridgehead atoms. The van der Waals surface area contributed by atoms with Gasteiger partial charge in [0, 0.05) is 13.0 Å². The molecule has 4 nitrogen and oxygen atoms in total. The van der Waals surface area contributed by atoms with Gasteiger partial charge in [-0.2, -0.15) is 0 Å². The van der Waals surface area contributed by atoms with Crippen molar-refractivity contribution in [3.05, 3.63) is 0 Å². The van der Waals surface area contributed by atoms with Crippen molar-refractivity contribution in [2.75, 3.05) is 20.2 Å². The Morgan fingerprint density at radius 1 is 1.31 bits per heavy atom. The third kappa shape index (κ3) is 2.06. The lowest BCUT2D eigenvalue weighted by atomic mass is 10.1. The van der Waals surface area contributed by atoms with Gasteiger partial charge in [0.25, 0.3) is 0 Å². The van der Waals surface area contributed by atoms with Crippen LogP contribution in [0.15, 0.2) is 0 Å². The minimum absolute atomic E-state index is 0.0859. The molecule has 0 saturated heterocycles. The Bertz CT molecular complexity index is 293. The van der Waals surface area contributed by atoms with E-state index < -0.39 is 0 Å². The fourth-order valence-electron chi connectivity index (χ4n) is 2.92. The van der Waals surface area contributed by atoms with E-state index >= 15 is 0 Å². The van der Waals surface area contributed by atoms with Crippen LogP contribution in [-0.4, -0.2) is 37.0 Å². The predicted octanol–water partition coefficient (Wildman–Crippen LogP) is 1.05. The molecule has 4 heteroatoms. The number of likely N-dealkylation sites (N-methyl/N-ethyl adjacent to an activating group) is 1. The molecule has 2 rings (SSSR count). The largest absolute Gasteiger partial charge is 0.465 e. The lowest BCUT2D eigenvalue weighted by Gasteiger charge is -2.16. The topological polar surface area (TPSA) is 46.6 Å². The molecule has 0 N–H and O–H groups in total. The second-order valence-electron chi connectivity index (χ2n) is 4.78. The van der Waals surface area contributed by atoms with E-state index in [2.05, 4.69) is 0 Å². The average molecular weight is 225 g/mol.